The molecule has 1 N–H and O–H groups in total. The number of phenols is 1. The number of halogens is 2. The highest BCUT2D eigenvalue weighted by atomic mass is 79.9. The van der Waals surface area contributed by atoms with Gasteiger partial charge in [-0.05, 0) is 76.9 Å². The average Bonchev–Trinajstić information content (AvgIpc) is 3.34. The molecule has 2 amide bonds. The molecule has 3 aromatic carbocycles. The highest BCUT2D eigenvalue weighted by Gasteiger charge is 2.60. The number of para-hydroxylation sites is 1. The summed E-state index contributed by atoms with van der Waals surface area (Å²) in [4.78, 5) is 34.4. The molecule has 174 valence electrons. The van der Waals surface area contributed by atoms with Crippen LogP contribution in [-0.2, 0) is 14.4 Å². The number of amides is 2. The Morgan fingerprint density at radius 2 is 1.68 bits per heavy atom. The summed E-state index contributed by atoms with van der Waals surface area (Å²) >= 11 is 6.77. The molecule has 34 heavy (non-hydrogen) atoms. The molecule has 9 heteroatoms. The van der Waals surface area contributed by atoms with Crippen LogP contribution < -0.4 is 14.7 Å². The van der Waals surface area contributed by atoms with Crippen molar-refractivity contribution in [3.05, 3.63) is 81.2 Å². The molecule has 2 fully saturated rings. The molecular weight excluding hydrogens is 568 g/mol. The lowest BCUT2D eigenvalue weighted by atomic mass is 9.90. The van der Waals surface area contributed by atoms with Gasteiger partial charge in [-0.2, -0.15) is 0 Å². The van der Waals surface area contributed by atoms with Gasteiger partial charge in [0.05, 0.1) is 28.5 Å². The molecule has 2 saturated heterocycles. The van der Waals surface area contributed by atoms with Crippen LogP contribution in [0.15, 0.2) is 75.7 Å². The summed E-state index contributed by atoms with van der Waals surface area (Å²) in [5.74, 6) is -1.30. The molecule has 0 unspecified atom stereocenters. The predicted molar refractivity (Wildman–Crippen MR) is 134 cm³/mol. The first-order valence-corrected chi connectivity index (χ1v) is 12.3. The number of hydroxylamine groups is 1. The Labute approximate surface area is 213 Å². The van der Waals surface area contributed by atoms with E-state index in [0.717, 1.165) is 4.47 Å². The molecule has 7 nitrogen and oxygen atoms in total. The fourth-order valence-electron chi connectivity index (χ4n) is 4.43. The van der Waals surface area contributed by atoms with E-state index in [-0.39, 0.29) is 17.4 Å². The van der Waals surface area contributed by atoms with Crippen LogP contribution in [0.2, 0.25) is 0 Å². The van der Waals surface area contributed by atoms with Crippen LogP contribution in [-0.4, -0.2) is 29.6 Å². The maximum absolute atomic E-state index is 13.7. The zero-order valence-corrected chi connectivity index (χ0v) is 21.2. The van der Waals surface area contributed by atoms with E-state index in [1.54, 1.807) is 41.5 Å². The van der Waals surface area contributed by atoms with Gasteiger partial charge >= 0.3 is 0 Å². The van der Waals surface area contributed by atoms with Crippen LogP contribution in [0.4, 0.5) is 11.4 Å². The smallest absolute Gasteiger partial charge is 0.266 e. The highest BCUT2D eigenvalue weighted by Crippen LogP contribution is 2.49. The Bertz CT molecular complexity index is 1250. The minimum absolute atomic E-state index is 0.0300. The number of carbonyl (C=O) groups excluding carboxylic acids is 2. The molecule has 0 bridgehead atoms. The lowest BCUT2D eigenvalue weighted by Crippen LogP contribution is -2.37. The van der Waals surface area contributed by atoms with Crippen molar-refractivity contribution in [3.8, 4) is 11.5 Å². The third-order valence-corrected chi connectivity index (χ3v) is 7.04. The van der Waals surface area contributed by atoms with Gasteiger partial charge < -0.3 is 9.84 Å². The fraction of sp³-hybridized carbons (Fsp3) is 0.200. The van der Waals surface area contributed by atoms with Crippen molar-refractivity contribution in [2.45, 2.75) is 19.1 Å². The second kappa shape index (κ2) is 9.05. The number of hydrogen-bond acceptors (Lipinski definition) is 6. The molecular formula is C25H20Br2N2O5. The van der Waals surface area contributed by atoms with E-state index in [0.29, 0.717) is 28.0 Å². The van der Waals surface area contributed by atoms with Crippen molar-refractivity contribution >= 4 is 55.0 Å². The standard InChI is InChI=1S/C25H20Br2N2O5/c1-2-33-19-13-14(12-18(27)22(19)30)21-20-23(34-29(21)17-6-4-3-5-7-17)25(32)28(24(20)31)16-10-8-15(26)9-11-16/h3-13,20-21,23,30H,2H2,1H3/t20-,21-,23+/m1/s1. The summed E-state index contributed by atoms with van der Waals surface area (Å²) in [6.45, 7) is 2.17. The summed E-state index contributed by atoms with van der Waals surface area (Å²) in [7, 11) is 0. The number of ether oxygens (including phenoxy) is 1. The molecule has 2 aliphatic rings. The Kier molecular flexibility index (Phi) is 6.09. The van der Waals surface area contributed by atoms with E-state index in [9.17, 15) is 14.7 Å². The minimum Gasteiger partial charge on any atom is -0.503 e. The molecule has 0 saturated carbocycles. The zero-order chi connectivity index (χ0) is 24.0. The molecule has 2 heterocycles. The number of nitrogens with zero attached hydrogens (tertiary/aromatic N) is 2. The SMILES string of the molecule is CCOc1cc([C@@H]2[C@H]3C(=O)N(c4ccc(Br)cc4)C(=O)[C@H]3ON2c2ccccc2)cc(Br)c1O. The first-order valence-electron chi connectivity index (χ1n) is 10.7. The average molecular weight is 588 g/mol. The number of rotatable bonds is 5. The number of aromatic hydroxyl groups is 1. The monoisotopic (exact) mass is 586 g/mol. The number of benzene rings is 3. The lowest BCUT2D eigenvalue weighted by molar-refractivity contribution is -0.126. The third kappa shape index (κ3) is 3.77. The molecule has 3 aromatic rings. The van der Waals surface area contributed by atoms with E-state index >= 15 is 0 Å². The topological polar surface area (TPSA) is 79.3 Å². The van der Waals surface area contributed by atoms with E-state index in [1.165, 1.54) is 4.90 Å². The number of anilines is 2. The van der Waals surface area contributed by atoms with Gasteiger partial charge in [0, 0.05) is 4.47 Å². The van der Waals surface area contributed by atoms with Crippen LogP contribution in [0.25, 0.3) is 0 Å². The minimum atomic E-state index is -0.982. The Hall–Kier alpha value is -2.88. The molecule has 0 radical (unpaired) electrons. The Balaban J connectivity index is 1.62. The largest absolute Gasteiger partial charge is 0.503 e. The second-order valence-corrected chi connectivity index (χ2v) is 9.70. The number of phenolic OH excluding ortho intramolecular Hbond substituents is 1. The number of imide groups is 1. The first kappa shape index (κ1) is 22.9. The number of fused-ring (bicyclic) bond motifs is 1. The van der Waals surface area contributed by atoms with Crippen LogP contribution in [0, 0.1) is 5.92 Å². The van der Waals surface area contributed by atoms with Crippen LogP contribution in [0.5, 0.6) is 11.5 Å². The zero-order valence-electron chi connectivity index (χ0n) is 18.0. The van der Waals surface area contributed by atoms with Crippen molar-refractivity contribution in [1.82, 2.24) is 0 Å². The second-order valence-electron chi connectivity index (χ2n) is 7.93. The van der Waals surface area contributed by atoms with Gasteiger partial charge in [-0.15, -0.1) is 0 Å². The van der Waals surface area contributed by atoms with Crippen LogP contribution in [0.1, 0.15) is 18.5 Å². The summed E-state index contributed by atoms with van der Waals surface area (Å²) in [5, 5.41) is 12.0. The fourth-order valence-corrected chi connectivity index (χ4v) is 5.15. The van der Waals surface area contributed by atoms with Gasteiger partial charge in [0.25, 0.3) is 5.91 Å². The lowest BCUT2D eigenvalue weighted by Gasteiger charge is -2.29. The van der Waals surface area contributed by atoms with E-state index < -0.39 is 24.0 Å². The Morgan fingerprint density at radius 1 is 0.971 bits per heavy atom. The molecule has 0 aromatic heterocycles. The highest BCUT2D eigenvalue weighted by molar-refractivity contribution is 9.10. The summed E-state index contributed by atoms with van der Waals surface area (Å²) in [5.41, 5.74) is 1.87. The predicted octanol–water partition coefficient (Wildman–Crippen LogP) is 5.37. The van der Waals surface area contributed by atoms with E-state index in [2.05, 4.69) is 31.9 Å². The van der Waals surface area contributed by atoms with Crippen LogP contribution >= 0.6 is 31.9 Å². The van der Waals surface area contributed by atoms with Gasteiger partial charge in [-0.3, -0.25) is 14.4 Å². The molecule has 0 aliphatic carbocycles. The van der Waals surface area contributed by atoms with Gasteiger partial charge in [-0.25, -0.2) is 9.96 Å². The normalized spacial score (nSPS) is 21.8. The van der Waals surface area contributed by atoms with Gasteiger partial charge in [0.1, 0.15) is 5.92 Å². The number of carbonyl (C=O) groups is 2. The molecule has 3 atom stereocenters. The van der Waals surface area contributed by atoms with Gasteiger partial charge in [0.2, 0.25) is 5.91 Å². The van der Waals surface area contributed by atoms with Gasteiger partial charge in [-0.1, -0.05) is 34.1 Å². The maximum Gasteiger partial charge on any atom is 0.266 e. The van der Waals surface area contributed by atoms with Crippen molar-refractivity contribution in [2.24, 2.45) is 5.92 Å². The van der Waals surface area contributed by atoms with Crippen molar-refractivity contribution in [3.63, 3.8) is 0 Å². The first-order chi connectivity index (χ1) is 16.4. The van der Waals surface area contributed by atoms with Gasteiger partial charge in [0.15, 0.2) is 17.6 Å². The quantitative estimate of drug-likeness (QED) is 0.405. The van der Waals surface area contributed by atoms with E-state index in [1.807, 2.05) is 37.3 Å². The van der Waals surface area contributed by atoms with E-state index in [4.69, 9.17) is 9.57 Å². The van der Waals surface area contributed by atoms with Crippen molar-refractivity contribution < 1.29 is 24.3 Å². The molecule has 2 aliphatic heterocycles. The summed E-state index contributed by atoms with van der Waals surface area (Å²) in [6.07, 6.45) is -0.982. The summed E-state index contributed by atoms with van der Waals surface area (Å²) < 4.78 is 6.88. The Morgan fingerprint density at radius 3 is 2.35 bits per heavy atom. The molecule has 5 rings (SSSR count). The summed E-state index contributed by atoms with van der Waals surface area (Å²) in [6, 6.07) is 19.1. The number of hydrogen-bond donors (Lipinski definition) is 1. The van der Waals surface area contributed by atoms with Crippen LogP contribution in [0.3, 0.4) is 0 Å². The van der Waals surface area contributed by atoms with Crippen molar-refractivity contribution in [1.29, 1.82) is 0 Å². The third-order valence-electron chi connectivity index (χ3n) is 5.90. The maximum atomic E-state index is 13.7. The van der Waals surface area contributed by atoms with Crippen molar-refractivity contribution in [2.75, 3.05) is 16.6 Å². The molecule has 0 spiro atoms.